The summed E-state index contributed by atoms with van der Waals surface area (Å²) in [6.45, 7) is 6.88. The van der Waals surface area contributed by atoms with Crippen LogP contribution in [-0.2, 0) is 0 Å². The Balaban J connectivity index is 1.94. The minimum Gasteiger partial charge on any atom is -0.459 e. The largest absolute Gasteiger partial charge is 0.459 e. The lowest BCUT2D eigenvalue weighted by molar-refractivity contribution is 0.0974. The summed E-state index contributed by atoms with van der Waals surface area (Å²) in [5.41, 5.74) is 1.42. The zero-order chi connectivity index (χ0) is 13.0. The van der Waals surface area contributed by atoms with Gasteiger partial charge in [0.15, 0.2) is 5.76 Å². The molecule has 0 saturated heterocycles. The number of hydrogen-bond acceptors (Lipinski definition) is 2. The molecule has 18 heavy (non-hydrogen) atoms. The minimum absolute atomic E-state index is 0.0833. The number of carbonyl (C=O) groups excluding carboxylic acids is 1. The Bertz CT molecular complexity index is 513. The van der Waals surface area contributed by atoms with Crippen molar-refractivity contribution in [3.8, 4) is 0 Å². The lowest BCUT2D eigenvalue weighted by atomic mass is 9.70. The molecule has 2 saturated carbocycles. The fraction of sp³-hybridized carbons (Fsp3) is 0.600. The highest BCUT2D eigenvalue weighted by atomic mass is 16.3. The Kier molecular flexibility index (Phi) is 2.31. The van der Waals surface area contributed by atoms with Gasteiger partial charge in [-0.05, 0) is 42.7 Å². The normalized spacial score (nSPS) is 35.3. The molecule has 3 heteroatoms. The predicted molar refractivity (Wildman–Crippen MR) is 69.7 cm³/mol. The first-order valence-corrected chi connectivity index (χ1v) is 6.61. The third-order valence-corrected chi connectivity index (χ3v) is 5.48. The maximum atomic E-state index is 12.0. The van der Waals surface area contributed by atoms with Crippen LogP contribution >= 0.6 is 0 Å². The lowest BCUT2D eigenvalue weighted by Crippen LogP contribution is -2.33. The molecule has 1 heterocycles. The van der Waals surface area contributed by atoms with Gasteiger partial charge in [0, 0.05) is 11.1 Å². The van der Waals surface area contributed by atoms with E-state index in [9.17, 15) is 4.79 Å². The summed E-state index contributed by atoms with van der Waals surface area (Å²) in [6, 6.07) is 3.40. The molecule has 1 aromatic heterocycles. The van der Waals surface area contributed by atoms with Gasteiger partial charge in [-0.25, -0.2) is 4.99 Å². The molecule has 1 amide bonds. The number of aliphatic imine (C=N–C) groups is 1. The van der Waals surface area contributed by atoms with E-state index in [4.69, 9.17) is 4.42 Å². The van der Waals surface area contributed by atoms with E-state index in [0.717, 1.165) is 18.6 Å². The molecular formula is C15H19NO2. The molecule has 0 N–H and O–H groups in total. The summed E-state index contributed by atoms with van der Waals surface area (Å²) in [5.74, 6) is 0.775. The summed E-state index contributed by atoms with van der Waals surface area (Å²) >= 11 is 0. The molecule has 0 radical (unpaired) electrons. The van der Waals surface area contributed by atoms with Crippen LogP contribution in [0.25, 0.3) is 0 Å². The lowest BCUT2D eigenvalue weighted by Gasteiger charge is -2.34. The molecule has 0 aromatic carbocycles. The maximum Gasteiger partial charge on any atom is 0.312 e. The molecule has 2 aliphatic rings. The number of rotatable bonds is 1. The Morgan fingerprint density at radius 3 is 2.72 bits per heavy atom. The van der Waals surface area contributed by atoms with Crippen LogP contribution in [-0.4, -0.2) is 11.6 Å². The van der Waals surface area contributed by atoms with Crippen molar-refractivity contribution in [3.05, 3.63) is 24.2 Å². The fourth-order valence-electron chi connectivity index (χ4n) is 3.68. The van der Waals surface area contributed by atoms with E-state index in [2.05, 4.69) is 25.8 Å². The van der Waals surface area contributed by atoms with Crippen LogP contribution in [0.15, 0.2) is 27.8 Å². The summed E-state index contributed by atoms with van der Waals surface area (Å²) in [4.78, 5) is 16.4. The van der Waals surface area contributed by atoms with E-state index >= 15 is 0 Å². The smallest absolute Gasteiger partial charge is 0.312 e. The van der Waals surface area contributed by atoms with Crippen LogP contribution in [0.1, 0.15) is 50.6 Å². The Labute approximate surface area is 107 Å². The summed E-state index contributed by atoms with van der Waals surface area (Å²) < 4.78 is 5.11. The molecule has 2 unspecified atom stereocenters. The van der Waals surface area contributed by atoms with Crippen LogP contribution < -0.4 is 0 Å². The first kappa shape index (κ1) is 11.7. The summed E-state index contributed by atoms with van der Waals surface area (Å²) in [5, 5.41) is 0. The second kappa shape index (κ2) is 3.56. The average molecular weight is 245 g/mol. The molecule has 3 rings (SSSR count). The molecule has 2 bridgehead atoms. The Morgan fingerprint density at radius 2 is 2.22 bits per heavy atom. The molecule has 0 aliphatic heterocycles. The summed E-state index contributed by atoms with van der Waals surface area (Å²) in [6.07, 6.45) is 4.89. The van der Waals surface area contributed by atoms with Gasteiger partial charge in [-0.1, -0.05) is 20.8 Å². The van der Waals surface area contributed by atoms with Crippen molar-refractivity contribution in [1.29, 1.82) is 0 Å². The van der Waals surface area contributed by atoms with Gasteiger partial charge in [0.1, 0.15) is 0 Å². The first-order chi connectivity index (χ1) is 8.45. The molecule has 3 nitrogen and oxygen atoms in total. The van der Waals surface area contributed by atoms with Crippen molar-refractivity contribution in [1.82, 2.24) is 0 Å². The predicted octanol–water partition coefficient (Wildman–Crippen LogP) is 3.71. The van der Waals surface area contributed by atoms with Crippen LogP contribution in [0.2, 0.25) is 0 Å². The standard InChI is InChI=1S/C15H19NO2/c1-14(2)10-6-7-15(14,3)12(9-10)16-13(17)11-5-4-8-18-11/h4-5,8,10H,6-7,9H2,1-3H3. The van der Waals surface area contributed by atoms with Crippen LogP contribution in [0.3, 0.4) is 0 Å². The number of carbonyl (C=O) groups is 1. The third-order valence-electron chi connectivity index (χ3n) is 5.48. The van der Waals surface area contributed by atoms with Gasteiger partial charge < -0.3 is 4.42 Å². The van der Waals surface area contributed by atoms with Gasteiger partial charge in [-0.2, -0.15) is 0 Å². The highest BCUT2D eigenvalue weighted by Crippen LogP contribution is 2.64. The van der Waals surface area contributed by atoms with E-state index in [1.54, 1.807) is 12.1 Å². The molecule has 2 atom stereocenters. The van der Waals surface area contributed by atoms with E-state index in [0.29, 0.717) is 11.7 Å². The molecule has 1 aromatic rings. The third kappa shape index (κ3) is 1.36. The zero-order valence-electron chi connectivity index (χ0n) is 11.2. The highest BCUT2D eigenvalue weighted by molar-refractivity contribution is 6.06. The fourth-order valence-corrected chi connectivity index (χ4v) is 3.68. The summed E-state index contributed by atoms with van der Waals surface area (Å²) in [7, 11) is 0. The first-order valence-electron chi connectivity index (χ1n) is 6.61. The Hall–Kier alpha value is -1.38. The van der Waals surface area contributed by atoms with Crippen LogP contribution in [0.4, 0.5) is 0 Å². The highest BCUT2D eigenvalue weighted by Gasteiger charge is 2.59. The van der Waals surface area contributed by atoms with Crippen molar-refractivity contribution in [2.75, 3.05) is 0 Å². The number of hydrogen-bond donors (Lipinski definition) is 0. The molecule has 0 spiro atoms. The van der Waals surface area contributed by atoms with E-state index in [-0.39, 0.29) is 16.7 Å². The molecular weight excluding hydrogens is 226 g/mol. The van der Waals surface area contributed by atoms with Gasteiger partial charge in [0.05, 0.1) is 6.26 Å². The number of nitrogens with zero attached hydrogens (tertiary/aromatic N) is 1. The van der Waals surface area contributed by atoms with Crippen LogP contribution in [0, 0.1) is 16.7 Å². The average Bonchev–Trinajstić information content (AvgIpc) is 2.95. The van der Waals surface area contributed by atoms with Gasteiger partial charge in [-0.3, -0.25) is 4.79 Å². The maximum absolute atomic E-state index is 12.0. The number of furan rings is 1. The monoisotopic (exact) mass is 245 g/mol. The van der Waals surface area contributed by atoms with E-state index in [1.807, 2.05) is 0 Å². The molecule has 2 fully saturated rings. The Morgan fingerprint density at radius 1 is 1.44 bits per heavy atom. The van der Waals surface area contributed by atoms with Crippen LogP contribution in [0.5, 0.6) is 0 Å². The van der Waals surface area contributed by atoms with Crippen molar-refractivity contribution >= 4 is 11.6 Å². The van der Waals surface area contributed by atoms with Gasteiger partial charge in [0.25, 0.3) is 0 Å². The number of amides is 1. The van der Waals surface area contributed by atoms with Crippen molar-refractivity contribution in [2.45, 2.75) is 40.0 Å². The van der Waals surface area contributed by atoms with Crippen molar-refractivity contribution in [2.24, 2.45) is 21.7 Å². The van der Waals surface area contributed by atoms with Crippen molar-refractivity contribution in [3.63, 3.8) is 0 Å². The second-order valence-corrected chi connectivity index (χ2v) is 6.33. The quantitative estimate of drug-likeness (QED) is 0.757. The van der Waals surface area contributed by atoms with Gasteiger partial charge >= 0.3 is 5.91 Å². The van der Waals surface area contributed by atoms with Gasteiger partial charge in [-0.15, -0.1) is 0 Å². The SMILES string of the molecule is CC12CCC(CC1=NC(=O)c1ccco1)C2(C)C. The zero-order valence-corrected chi connectivity index (χ0v) is 11.2. The minimum atomic E-state index is -0.237. The van der Waals surface area contributed by atoms with E-state index in [1.165, 1.54) is 12.7 Å². The number of fused-ring (bicyclic) bond motifs is 2. The van der Waals surface area contributed by atoms with E-state index < -0.39 is 0 Å². The van der Waals surface area contributed by atoms with Gasteiger partial charge in [0.2, 0.25) is 0 Å². The molecule has 2 aliphatic carbocycles. The van der Waals surface area contributed by atoms with Crippen molar-refractivity contribution < 1.29 is 9.21 Å². The molecule has 96 valence electrons. The second-order valence-electron chi connectivity index (χ2n) is 6.33. The topological polar surface area (TPSA) is 42.6 Å².